The number of rotatable bonds is 6. The number of hydrogen-bond donors (Lipinski definition) is 1. The smallest absolute Gasteiger partial charge is 0.318 e. The SMILES string of the molecule is Cc1ccc(CN(C)c2nnc(CNC(C)C)o2)cc1. The van der Waals surface area contributed by atoms with Crippen LogP contribution in [0.1, 0.15) is 30.9 Å². The summed E-state index contributed by atoms with van der Waals surface area (Å²) >= 11 is 0. The lowest BCUT2D eigenvalue weighted by molar-refractivity contribution is 0.449. The van der Waals surface area contributed by atoms with E-state index in [9.17, 15) is 0 Å². The molecule has 0 fully saturated rings. The molecule has 5 nitrogen and oxygen atoms in total. The van der Waals surface area contributed by atoms with Gasteiger partial charge in [0.1, 0.15) is 0 Å². The summed E-state index contributed by atoms with van der Waals surface area (Å²) in [5, 5.41) is 11.4. The van der Waals surface area contributed by atoms with Crippen LogP contribution in [0.25, 0.3) is 0 Å². The van der Waals surface area contributed by atoms with E-state index < -0.39 is 0 Å². The van der Waals surface area contributed by atoms with Crippen LogP contribution in [0.3, 0.4) is 0 Å². The summed E-state index contributed by atoms with van der Waals surface area (Å²) in [5.41, 5.74) is 2.48. The Morgan fingerprint density at radius 3 is 2.55 bits per heavy atom. The van der Waals surface area contributed by atoms with E-state index in [1.165, 1.54) is 11.1 Å². The molecule has 0 amide bonds. The van der Waals surface area contributed by atoms with Gasteiger partial charge in [0, 0.05) is 19.6 Å². The van der Waals surface area contributed by atoms with E-state index >= 15 is 0 Å². The molecular formula is C15H22N4O. The lowest BCUT2D eigenvalue weighted by atomic mass is 10.1. The maximum atomic E-state index is 5.63. The number of aromatic nitrogens is 2. The van der Waals surface area contributed by atoms with Crippen LogP contribution >= 0.6 is 0 Å². The topological polar surface area (TPSA) is 54.2 Å². The predicted octanol–water partition coefficient (Wildman–Crippen LogP) is 2.51. The Balaban J connectivity index is 1.95. The van der Waals surface area contributed by atoms with Gasteiger partial charge >= 0.3 is 6.01 Å². The highest BCUT2D eigenvalue weighted by Crippen LogP contribution is 2.14. The average Bonchev–Trinajstić information content (AvgIpc) is 2.88. The van der Waals surface area contributed by atoms with Crippen LogP contribution < -0.4 is 10.2 Å². The van der Waals surface area contributed by atoms with Crippen molar-refractivity contribution < 1.29 is 4.42 Å². The monoisotopic (exact) mass is 274 g/mol. The quantitative estimate of drug-likeness (QED) is 0.877. The highest BCUT2D eigenvalue weighted by atomic mass is 16.4. The molecule has 0 unspecified atom stereocenters. The Hall–Kier alpha value is -1.88. The maximum absolute atomic E-state index is 5.63. The zero-order valence-corrected chi connectivity index (χ0v) is 12.6. The average molecular weight is 274 g/mol. The standard InChI is InChI=1S/C15H22N4O/c1-11(2)16-9-14-17-18-15(20-14)19(4)10-13-7-5-12(3)6-8-13/h5-8,11,16H,9-10H2,1-4H3. The third kappa shape index (κ3) is 4.06. The van der Waals surface area contributed by atoms with Gasteiger partial charge in [-0.3, -0.25) is 0 Å². The summed E-state index contributed by atoms with van der Waals surface area (Å²) in [7, 11) is 1.95. The van der Waals surface area contributed by atoms with E-state index in [-0.39, 0.29) is 0 Å². The number of anilines is 1. The normalized spacial score (nSPS) is 11.1. The highest BCUT2D eigenvalue weighted by molar-refractivity contribution is 5.28. The number of benzene rings is 1. The van der Waals surface area contributed by atoms with E-state index in [0.29, 0.717) is 24.5 Å². The molecule has 0 aliphatic rings. The molecule has 1 aromatic heterocycles. The van der Waals surface area contributed by atoms with Crippen molar-refractivity contribution in [2.45, 2.75) is 39.9 Å². The van der Waals surface area contributed by atoms with Gasteiger partial charge in [0.05, 0.1) is 6.54 Å². The molecule has 0 bridgehead atoms. The zero-order chi connectivity index (χ0) is 14.5. The Labute approximate surface area is 120 Å². The van der Waals surface area contributed by atoms with Gasteiger partial charge in [-0.25, -0.2) is 0 Å². The third-order valence-electron chi connectivity index (χ3n) is 2.98. The first-order valence-corrected chi connectivity index (χ1v) is 6.87. The fourth-order valence-corrected chi connectivity index (χ4v) is 1.80. The minimum atomic E-state index is 0.399. The van der Waals surface area contributed by atoms with Crippen LogP contribution in [0.4, 0.5) is 6.01 Å². The molecule has 0 aliphatic heterocycles. The van der Waals surface area contributed by atoms with Gasteiger partial charge in [-0.05, 0) is 12.5 Å². The molecule has 2 aromatic rings. The van der Waals surface area contributed by atoms with Gasteiger partial charge in [0.25, 0.3) is 0 Å². The van der Waals surface area contributed by atoms with Gasteiger partial charge in [-0.15, -0.1) is 5.10 Å². The lowest BCUT2D eigenvalue weighted by Crippen LogP contribution is -2.22. The molecule has 5 heteroatoms. The van der Waals surface area contributed by atoms with Crippen LogP contribution in [-0.2, 0) is 13.1 Å². The van der Waals surface area contributed by atoms with Crippen LogP contribution in [0, 0.1) is 6.92 Å². The molecule has 0 spiro atoms. The number of nitrogens with zero attached hydrogens (tertiary/aromatic N) is 3. The maximum Gasteiger partial charge on any atom is 0.318 e. The number of aryl methyl sites for hydroxylation is 1. The second kappa shape index (κ2) is 6.52. The molecule has 0 aliphatic carbocycles. The Morgan fingerprint density at radius 1 is 1.20 bits per heavy atom. The summed E-state index contributed by atoms with van der Waals surface area (Å²) < 4.78 is 5.63. The summed E-state index contributed by atoms with van der Waals surface area (Å²) in [6, 6.07) is 9.39. The van der Waals surface area contributed by atoms with E-state index in [2.05, 4.69) is 60.6 Å². The van der Waals surface area contributed by atoms with Gasteiger partial charge in [0.15, 0.2) is 0 Å². The molecular weight excluding hydrogens is 252 g/mol. The first-order valence-electron chi connectivity index (χ1n) is 6.87. The number of nitrogens with one attached hydrogen (secondary N) is 1. The van der Waals surface area contributed by atoms with Gasteiger partial charge in [-0.1, -0.05) is 48.8 Å². The van der Waals surface area contributed by atoms with E-state index in [1.807, 2.05) is 11.9 Å². The third-order valence-corrected chi connectivity index (χ3v) is 2.98. The molecule has 0 radical (unpaired) electrons. The minimum absolute atomic E-state index is 0.399. The molecule has 1 aromatic carbocycles. The van der Waals surface area contributed by atoms with Crippen LogP contribution in [0.15, 0.2) is 28.7 Å². The van der Waals surface area contributed by atoms with Crippen molar-refractivity contribution in [3.8, 4) is 0 Å². The van der Waals surface area contributed by atoms with Gasteiger partial charge in [0.2, 0.25) is 5.89 Å². The lowest BCUT2D eigenvalue weighted by Gasteiger charge is -2.13. The number of hydrogen-bond acceptors (Lipinski definition) is 5. The van der Waals surface area contributed by atoms with Gasteiger partial charge < -0.3 is 14.6 Å². The van der Waals surface area contributed by atoms with Crippen molar-refractivity contribution in [1.29, 1.82) is 0 Å². The zero-order valence-electron chi connectivity index (χ0n) is 12.6. The largest absolute Gasteiger partial charge is 0.407 e. The van der Waals surface area contributed by atoms with E-state index in [0.717, 1.165) is 6.54 Å². The molecule has 20 heavy (non-hydrogen) atoms. The second-order valence-electron chi connectivity index (χ2n) is 5.36. The van der Waals surface area contributed by atoms with E-state index in [4.69, 9.17) is 4.42 Å². The molecule has 1 heterocycles. The molecule has 0 saturated carbocycles. The highest BCUT2D eigenvalue weighted by Gasteiger charge is 2.11. The summed E-state index contributed by atoms with van der Waals surface area (Å²) in [5.74, 6) is 0.615. The van der Waals surface area contributed by atoms with Crippen molar-refractivity contribution in [3.05, 3.63) is 41.3 Å². The van der Waals surface area contributed by atoms with Crippen molar-refractivity contribution in [2.75, 3.05) is 11.9 Å². The molecule has 1 N–H and O–H groups in total. The van der Waals surface area contributed by atoms with Gasteiger partial charge in [-0.2, -0.15) is 0 Å². The first kappa shape index (κ1) is 14.5. The van der Waals surface area contributed by atoms with Crippen LogP contribution in [-0.4, -0.2) is 23.3 Å². The Kier molecular flexibility index (Phi) is 4.74. The minimum Gasteiger partial charge on any atom is -0.407 e. The fourth-order valence-electron chi connectivity index (χ4n) is 1.80. The Morgan fingerprint density at radius 2 is 1.90 bits per heavy atom. The van der Waals surface area contributed by atoms with Crippen molar-refractivity contribution in [2.24, 2.45) is 0 Å². The van der Waals surface area contributed by atoms with Crippen LogP contribution in [0.5, 0.6) is 0 Å². The second-order valence-corrected chi connectivity index (χ2v) is 5.36. The molecule has 0 atom stereocenters. The van der Waals surface area contributed by atoms with Crippen molar-refractivity contribution in [3.63, 3.8) is 0 Å². The fraction of sp³-hybridized carbons (Fsp3) is 0.467. The molecule has 2 rings (SSSR count). The molecule has 108 valence electrons. The van der Waals surface area contributed by atoms with Crippen molar-refractivity contribution in [1.82, 2.24) is 15.5 Å². The first-order chi connectivity index (χ1) is 9.54. The summed E-state index contributed by atoms with van der Waals surface area (Å²) in [6.07, 6.45) is 0. The summed E-state index contributed by atoms with van der Waals surface area (Å²) in [4.78, 5) is 1.95. The Bertz CT molecular complexity index is 533. The van der Waals surface area contributed by atoms with Crippen LogP contribution in [0.2, 0.25) is 0 Å². The van der Waals surface area contributed by atoms with Crippen molar-refractivity contribution >= 4 is 6.01 Å². The molecule has 0 saturated heterocycles. The predicted molar refractivity (Wildman–Crippen MR) is 79.6 cm³/mol. The summed E-state index contributed by atoms with van der Waals surface area (Å²) in [6.45, 7) is 7.60. The van der Waals surface area contributed by atoms with E-state index in [1.54, 1.807) is 0 Å².